The summed E-state index contributed by atoms with van der Waals surface area (Å²) < 4.78 is 25.8. The van der Waals surface area contributed by atoms with Gasteiger partial charge in [0, 0.05) is 29.0 Å². The smallest absolute Gasteiger partial charge is 0.191 e. The Bertz CT molecular complexity index is 1340. The number of benzene rings is 1. The zero-order valence-electron chi connectivity index (χ0n) is 15.5. The number of nitrogens with one attached hydrogen (secondary N) is 1. The zero-order valence-corrected chi connectivity index (χ0v) is 17.1. The summed E-state index contributed by atoms with van der Waals surface area (Å²) in [5, 5.41) is 13.3. The summed E-state index contributed by atoms with van der Waals surface area (Å²) in [5.41, 5.74) is 4.33. The number of H-pyrrole nitrogens is 1. The minimum absolute atomic E-state index is 0.00924. The SMILES string of the molecule is C=C1CN(c2ccnc3[nH]c4ccc(CS(=O)(=O)c5cccs5)cc4c23)C1CO. The molecule has 29 heavy (non-hydrogen) atoms. The van der Waals surface area contributed by atoms with Crippen molar-refractivity contribution in [3.05, 3.63) is 65.7 Å². The normalized spacial score (nSPS) is 17.2. The lowest BCUT2D eigenvalue weighted by atomic mass is 9.96. The van der Waals surface area contributed by atoms with Crippen molar-refractivity contribution in [3.63, 3.8) is 0 Å². The Balaban J connectivity index is 1.62. The van der Waals surface area contributed by atoms with Crippen LogP contribution in [0.1, 0.15) is 5.56 Å². The molecular formula is C21H19N3O3S2. The van der Waals surface area contributed by atoms with Crippen molar-refractivity contribution in [3.8, 4) is 0 Å². The summed E-state index contributed by atoms with van der Waals surface area (Å²) in [5.74, 6) is -0.0501. The molecule has 2 N–H and O–H groups in total. The van der Waals surface area contributed by atoms with Crippen LogP contribution in [0, 0.1) is 0 Å². The first-order valence-electron chi connectivity index (χ1n) is 9.18. The molecule has 0 bridgehead atoms. The topological polar surface area (TPSA) is 86.3 Å². The highest BCUT2D eigenvalue weighted by Gasteiger charge is 2.33. The van der Waals surface area contributed by atoms with Crippen LogP contribution in [0.15, 0.2) is 64.3 Å². The summed E-state index contributed by atoms with van der Waals surface area (Å²) in [4.78, 5) is 9.87. The largest absolute Gasteiger partial charge is 0.394 e. The molecule has 8 heteroatoms. The standard InChI is InChI=1S/C21H19N3O3S2/c1-13-10-24(18(13)11-25)17-6-7-22-21-20(17)15-9-14(4-5-16(15)23-21)12-29(26,27)19-3-2-8-28-19/h2-9,18,25H,1,10-12H2,(H,22,23). The van der Waals surface area contributed by atoms with E-state index in [1.54, 1.807) is 23.7 Å². The number of aliphatic hydroxyl groups excluding tert-OH is 1. The van der Waals surface area contributed by atoms with E-state index in [1.165, 1.54) is 11.3 Å². The second-order valence-electron chi connectivity index (χ2n) is 7.23. The van der Waals surface area contributed by atoms with Crippen molar-refractivity contribution in [1.29, 1.82) is 0 Å². The van der Waals surface area contributed by atoms with Crippen LogP contribution < -0.4 is 4.90 Å². The van der Waals surface area contributed by atoms with Gasteiger partial charge in [-0.05, 0) is 40.8 Å². The molecule has 1 aromatic carbocycles. The van der Waals surface area contributed by atoms with Gasteiger partial charge in [-0.25, -0.2) is 13.4 Å². The predicted molar refractivity (Wildman–Crippen MR) is 116 cm³/mol. The van der Waals surface area contributed by atoms with Gasteiger partial charge in [0.05, 0.1) is 24.1 Å². The molecule has 0 amide bonds. The molecule has 0 radical (unpaired) electrons. The maximum atomic E-state index is 12.7. The van der Waals surface area contributed by atoms with Crippen LogP contribution in [0.5, 0.6) is 0 Å². The second-order valence-corrected chi connectivity index (χ2v) is 10.4. The molecule has 0 saturated carbocycles. The van der Waals surface area contributed by atoms with Gasteiger partial charge >= 0.3 is 0 Å². The highest BCUT2D eigenvalue weighted by atomic mass is 32.2. The maximum absolute atomic E-state index is 12.7. The molecule has 5 rings (SSSR count). The second kappa shape index (κ2) is 6.69. The van der Waals surface area contributed by atoms with Crippen LogP contribution in [-0.4, -0.2) is 42.7 Å². The number of fused-ring (bicyclic) bond motifs is 3. The fraction of sp³-hybridized carbons (Fsp3) is 0.190. The van der Waals surface area contributed by atoms with E-state index in [0.717, 1.165) is 38.8 Å². The quantitative estimate of drug-likeness (QED) is 0.478. The Morgan fingerprint density at radius 2 is 2.17 bits per heavy atom. The van der Waals surface area contributed by atoms with E-state index >= 15 is 0 Å². The van der Waals surface area contributed by atoms with Crippen molar-refractivity contribution < 1.29 is 13.5 Å². The third kappa shape index (κ3) is 2.95. The van der Waals surface area contributed by atoms with Crippen LogP contribution in [0.3, 0.4) is 0 Å². The van der Waals surface area contributed by atoms with E-state index < -0.39 is 9.84 Å². The summed E-state index contributed by atoms with van der Waals surface area (Å²) in [7, 11) is -3.38. The number of hydrogen-bond donors (Lipinski definition) is 2. The number of aromatic amines is 1. The highest BCUT2D eigenvalue weighted by molar-refractivity contribution is 7.92. The van der Waals surface area contributed by atoms with Gasteiger partial charge < -0.3 is 15.0 Å². The molecule has 6 nitrogen and oxygen atoms in total. The first-order valence-corrected chi connectivity index (χ1v) is 11.7. The molecule has 1 aliphatic rings. The lowest BCUT2D eigenvalue weighted by Gasteiger charge is -2.44. The minimum Gasteiger partial charge on any atom is -0.394 e. The van der Waals surface area contributed by atoms with Crippen molar-refractivity contribution in [2.24, 2.45) is 0 Å². The summed E-state index contributed by atoms with van der Waals surface area (Å²) in [6.45, 7) is 4.70. The number of anilines is 1. The Hall–Kier alpha value is -2.68. The van der Waals surface area contributed by atoms with E-state index in [-0.39, 0.29) is 18.4 Å². The van der Waals surface area contributed by atoms with Gasteiger partial charge in [-0.1, -0.05) is 18.7 Å². The van der Waals surface area contributed by atoms with E-state index in [0.29, 0.717) is 10.8 Å². The van der Waals surface area contributed by atoms with Crippen molar-refractivity contribution in [2.75, 3.05) is 18.1 Å². The van der Waals surface area contributed by atoms with Crippen LogP contribution >= 0.6 is 11.3 Å². The maximum Gasteiger partial charge on any atom is 0.191 e. The van der Waals surface area contributed by atoms with Gasteiger partial charge in [-0.3, -0.25) is 0 Å². The van der Waals surface area contributed by atoms with Gasteiger partial charge in [0.15, 0.2) is 9.84 Å². The van der Waals surface area contributed by atoms with Crippen molar-refractivity contribution in [1.82, 2.24) is 9.97 Å². The van der Waals surface area contributed by atoms with Gasteiger partial charge in [0.25, 0.3) is 0 Å². The van der Waals surface area contributed by atoms with Gasteiger partial charge in [-0.2, -0.15) is 0 Å². The third-order valence-corrected chi connectivity index (χ3v) is 8.57. The average Bonchev–Trinajstić information content (AvgIpc) is 3.34. The Morgan fingerprint density at radius 3 is 2.90 bits per heavy atom. The summed E-state index contributed by atoms with van der Waals surface area (Å²) in [6.07, 6.45) is 1.74. The number of sulfone groups is 1. The molecule has 4 aromatic rings. The van der Waals surface area contributed by atoms with E-state index in [4.69, 9.17) is 0 Å². The molecule has 4 heterocycles. The number of aliphatic hydroxyl groups is 1. The number of thiophene rings is 1. The number of aromatic nitrogens is 2. The highest BCUT2D eigenvalue weighted by Crippen LogP contribution is 2.38. The molecule has 1 fully saturated rings. The van der Waals surface area contributed by atoms with E-state index in [1.807, 2.05) is 24.3 Å². The minimum atomic E-state index is -3.38. The molecule has 148 valence electrons. The Kier molecular flexibility index (Phi) is 4.23. The number of pyridine rings is 1. The molecule has 0 spiro atoms. The summed E-state index contributed by atoms with van der Waals surface area (Å²) >= 11 is 1.23. The molecule has 0 aliphatic carbocycles. The molecule has 1 aliphatic heterocycles. The van der Waals surface area contributed by atoms with Crippen molar-refractivity contribution in [2.45, 2.75) is 16.0 Å². The van der Waals surface area contributed by atoms with Gasteiger partial charge in [0.2, 0.25) is 0 Å². The third-order valence-electron chi connectivity index (χ3n) is 5.40. The number of rotatable bonds is 5. The number of hydrogen-bond acceptors (Lipinski definition) is 6. The lowest BCUT2D eigenvalue weighted by Crippen LogP contribution is -2.52. The fourth-order valence-electron chi connectivity index (χ4n) is 3.93. The first-order chi connectivity index (χ1) is 14.0. The average molecular weight is 426 g/mol. The van der Waals surface area contributed by atoms with E-state index in [9.17, 15) is 13.5 Å². The number of nitrogens with zero attached hydrogens (tertiary/aromatic N) is 2. The molecule has 1 saturated heterocycles. The van der Waals surface area contributed by atoms with Gasteiger partial charge in [-0.15, -0.1) is 11.3 Å². The predicted octanol–water partition coefficient (Wildman–Crippen LogP) is 3.49. The molecule has 1 atom stereocenters. The van der Waals surface area contributed by atoms with Crippen LogP contribution in [0.2, 0.25) is 0 Å². The van der Waals surface area contributed by atoms with Gasteiger partial charge in [0.1, 0.15) is 9.86 Å². The van der Waals surface area contributed by atoms with Crippen LogP contribution in [0.25, 0.3) is 21.9 Å². The van der Waals surface area contributed by atoms with E-state index in [2.05, 4.69) is 21.4 Å². The fourth-order valence-corrected chi connectivity index (χ4v) is 6.35. The monoisotopic (exact) mass is 425 g/mol. The van der Waals surface area contributed by atoms with Crippen LogP contribution in [-0.2, 0) is 15.6 Å². The van der Waals surface area contributed by atoms with Crippen LogP contribution in [0.4, 0.5) is 5.69 Å². The zero-order chi connectivity index (χ0) is 20.2. The molecule has 1 unspecified atom stereocenters. The molecule has 3 aromatic heterocycles. The molecular weight excluding hydrogens is 406 g/mol. The Morgan fingerprint density at radius 1 is 1.31 bits per heavy atom. The first kappa shape index (κ1) is 18.4. The lowest BCUT2D eigenvalue weighted by molar-refractivity contribution is 0.258. The van der Waals surface area contributed by atoms with Crippen molar-refractivity contribution >= 4 is 48.8 Å². The summed E-state index contributed by atoms with van der Waals surface area (Å²) in [6, 6.07) is 10.9. The Labute approximate surface area is 172 Å².